The second-order valence-corrected chi connectivity index (χ2v) is 5.72. The lowest BCUT2D eigenvalue weighted by Gasteiger charge is -2.32. The zero-order valence-electron chi connectivity index (χ0n) is 11.8. The van der Waals surface area contributed by atoms with Crippen molar-refractivity contribution in [3.63, 3.8) is 0 Å². The molecule has 1 aromatic carbocycles. The largest absolute Gasteiger partial charge is 0.340 e. The Morgan fingerprint density at radius 1 is 1.33 bits per heavy atom. The molecule has 2 fully saturated rings. The number of hydrogen-bond acceptors (Lipinski definition) is 2. The van der Waals surface area contributed by atoms with Crippen molar-refractivity contribution in [2.24, 2.45) is 5.92 Å². The molecule has 1 heterocycles. The molecule has 2 aliphatic rings. The van der Waals surface area contributed by atoms with Crippen molar-refractivity contribution in [3.05, 3.63) is 35.4 Å². The van der Waals surface area contributed by atoms with Gasteiger partial charge in [0.1, 0.15) is 11.6 Å². The third-order valence-electron chi connectivity index (χ3n) is 4.16. The van der Waals surface area contributed by atoms with E-state index in [1.54, 1.807) is 0 Å². The van der Waals surface area contributed by atoms with E-state index in [0.29, 0.717) is 19.5 Å². The van der Waals surface area contributed by atoms with Crippen molar-refractivity contribution in [2.45, 2.75) is 25.3 Å². The topological polar surface area (TPSA) is 32.3 Å². The number of carbonyl (C=O) groups excluding carboxylic acids is 1. The summed E-state index contributed by atoms with van der Waals surface area (Å²) in [5.41, 5.74) is 0.0778. The molecule has 1 aliphatic heterocycles. The molecule has 6 heteroatoms. The van der Waals surface area contributed by atoms with Crippen LogP contribution in [-0.2, 0) is 4.79 Å². The molecule has 0 aromatic heterocycles. The highest BCUT2D eigenvalue weighted by atomic mass is 35.5. The molecule has 3 atom stereocenters. The molecule has 1 amide bonds. The number of rotatable bonds is 2. The minimum absolute atomic E-state index is 0. The van der Waals surface area contributed by atoms with Gasteiger partial charge < -0.3 is 10.2 Å². The zero-order valence-corrected chi connectivity index (χ0v) is 12.6. The van der Waals surface area contributed by atoms with Gasteiger partial charge in [-0.1, -0.05) is 6.07 Å². The number of carbonyl (C=O) groups is 1. The van der Waals surface area contributed by atoms with Crippen LogP contribution in [0.15, 0.2) is 18.2 Å². The lowest BCUT2D eigenvalue weighted by molar-refractivity contribution is -0.133. The second-order valence-electron chi connectivity index (χ2n) is 5.72. The molecule has 21 heavy (non-hydrogen) atoms. The highest BCUT2D eigenvalue weighted by Gasteiger charge is 2.48. The van der Waals surface area contributed by atoms with Crippen LogP contribution in [0, 0.1) is 17.6 Å². The number of hydrogen-bond donors (Lipinski definition) is 1. The molecular formula is C15H19ClF2N2O. The maximum absolute atomic E-state index is 13.7. The SMILES string of the molecule is CC1CN(C(=O)C2CC2c2c(F)cccc2F)CCN1.Cl. The van der Waals surface area contributed by atoms with Crippen molar-refractivity contribution in [3.8, 4) is 0 Å². The van der Waals surface area contributed by atoms with Gasteiger partial charge >= 0.3 is 0 Å². The van der Waals surface area contributed by atoms with E-state index in [1.165, 1.54) is 18.2 Å². The summed E-state index contributed by atoms with van der Waals surface area (Å²) in [5.74, 6) is -1.61. The first-order valence-electron chi connectivity index (χ1n) is 7.04. The van der Waals surface area contributed by atoms with Gasteiger partial charge in [-0.3, -0.25) is 4.79 Å². The van der Waals surface area contributed by atoms with Crippen molar-refractivity contribution in [1.29, 1.82) is 0 Å². The lowest BCUT2D eigenvalue weighted by atomic mass is 10.1. The Balaban J connectivity index is 0.00000161. The van der Waals surface area contributed by atoms with E-state index in [0.717, 1.165) is 6.54 Å². The van der Waals surface area contributed by atoms with Crippen LogP contribution >= 0.6 is 12.4 Å². The van der Waals surface area contributed by atoms with Crippen LogP contribution in [0.5, 0.6) is 0 Å². The van der Waals surface area contributed by atoms with E-state index in [4.69, 9.17) is 0 Å². The van der Waals surface area contributed by atoms with E-state index in [-0.39, 0.29) is 41.8 Å². The van der Waals surface area contributed by atoms with Gasteiger partial charge in [-0.05, 0) is 25.5 Å². The number of halogens is 3. The smallest absolute Gasteiger partial charge is 0.226 e. The van der Waals surface area contributed by atoms with Crippen molar-refractivity contribution in [2.75, 3.05) is 19.6 Å². The third-order valence-corrected chi connectivity index (χ3v) is 4.16. The van der Waals surface area contributed by atoms with E-state index in [1.807, 2.05) is 11.8 Å². The van der Waals surface area contributed by atoms with Crippen LogP contribution in [0.1, 0.15) is 24.8 Å². The summed E-state index contributed by atoms with van der Waals surface area (Å²) >= 11 is 0. The lowest BCUT2D eigenvalue weighted by Crippen LogP contribution is -2.51. The molecule has 1 N–H and O–H groups in total. The summed E-state index contributed by atoms with van der Waals surface area (Å²) in [6.45, 7) is 4.15. The average Bonchev–Trinajstić information content (AvgIpc) is 3.18. The van der Waals surface area contributed by atoms with E-state index in [2.05, 4.69) is 5.32 Å². The van der Waals surface area contributed by atoms with Gasteiger partial charge in [-0.2, -0.15) is 0 Å². The van der Waals surface area contributed by atoms with Gasteiger partial charge in [0.2, 0.25) is 5.91 Å². The monoisotopic (exact) mass is 316 g/mol. The Hall–Kier alpha value is -1.20. The molecule has 3 unspecified atom stereocenters. The fourth-order valence-corrected chi connectivity index (χ4v) is 3.02. The first kappa shape index (κ1) is 16.2. The first-order valence-corrected chi connectivity index (χ1v) is 7.04. The van der Waals surface area contributed by atoms with Crippen LogP contribution < -0.4 is 5.32 Å². The van der Waals surface area contributed by atoms with Gasteiger partial charge in [0.25, 0.3) is 0 Å². The standard InChI is InChI=1S/C15H18F2N2O.ClH/c1-9-8-19(6-5-18-9)15(20)11-7-10(11)14-12(16)3-2-4-13(14)17;/h2-4,9-11,18H,5-8H2,1H3;1H. The Kier molecular flexibility index (Phi) is 4.84. The summed E-state index contributed by atoms with van der Waals surface area (Å²) < 4.78 is 27.4. The highest BCUT2D eigenvalue weighted by Crippen LogP contribution is 2.50. The van der Waals surface area contributed by atoms with Crippen molar-refractivity contribution < 1.29 is 13.6 Å². The Labute approximate surface area is 129 Å². The molecule has 3 nitrogen and oxygen atoms in total. The third kappa shape index (κ3) is 3.19. The molecule has 116 valence electrons. The summed E-state index contributed by atoms with van der Waals surface area (Å²) in [6.07, 6.45) is 0.551. The molecule has 1 saturated carbocycles. The van der Waals surface area contributed by atoms with Gasteiger partial charge in [-0.25, -0.2) is 8.78 Å². The van der Waals surface area contributed by atoms with Crippen molar-refractivity contribution in [1.82, 2.24) is 10.2 Å². The summed E-state index contributed by atoms with van der Waals surface area (Å²) in [7, 11) is 0. The Morgan fingerprint density at radius 2 is 2.00 bits per heavy atom. The summed E-state index contributed by atoms with van der Waals surface area (Å²) in [4.78, 5) is 14.2. The van der Waals surface area contributed by atoms with Crippen LogP contribution in [0.2, 0.25) is 0 Å². The molecule has 0 spiro atoms. The number of nitrogens with zero attached hydrogens (tertiary/aromatic N) is 1. The number of nitrogens with one attached hydrogen (secondary N) is 1. The van der Waals surface area contributed by atoms with Gasteiger partial charge in [0.05, 0.1) is 0 Å². The summed E-state index contributed by atoms with van der Waals surface area (Å²) in [5, 5.41) is 3.27. The quantitative estimate of drug-likeness (QED) is 0.908. The maximum atomic E-state index is 13.7. The molecule has 1 saturated heterocycles. The fourth-order valence-electron chi connectivity index (χ4n) is 3.02. The molecule has 1 aromatic rings. The molecular weight excluding hydrogens is 298 g/mol. The van der Waals surface area contributed by atoms with E-state index >= 15 is 0 Å². The van der Waals surface area contributed by atoms with Crippen LogP contribution in [-0.4, -0.2) is 36.5 Å². The molecule has 1 aliphatic carbocycles. The minimum atomic E-state index is -0.543. The summed E-state index contributed by atoms with van der Waals surface area (Å²) in [6, 6.07) is 4.14. The van der Waals surface area contributed by atoms with Crippen LogP contribution in [0.4, 0.5) is 8.78 Å². The zero-order chi connectivity index (χ0) is 14.3. The highest BCUT2D eigenvalue weighted by molar-refractivity contribution is 5.85. The minimum Gasteiger partial charge on any atom is -0.340 e. The Bertz CT molecular complexity index is 520. The van der Waals surface area contributed by atoms with Gasteiger partial charge in [0.15, 0.2) is 0 Å². The molecule has 0 bridgehead atoms. The number of piperazine rings is 1. The predicted octanol–water partition coefficient (Wildman–Crippen LogP) is 2.31. The van der Waals surface area contributed by atoms with Gasteiger partial charge in [-0.15, -0.1) is 12.4 Å². The second kappa shape index (κ2) is 6.28. The first-order chi connectivity index (χ1) is 9.58. The number of benzene rings is 1. The average molecular weight is 317 g/mol. The van der Waals surface area contributed by atoms with Crippen molar-refractivity contribution >= 4 is 18.3 Å². The van der Waals surface area contributed by atoms with Crippen LogP contribution in [0.3, 0.4) is 0 Å². The normalized spacial score (nSPS) is 28.0. The van der Waals surface area contributed by atoms with Crippen LogP contribution in [0.25, 0.3) is 0 Å². The molecule has 0 radical (unpaired) electrons. The van der Waals surface area contributed by atoms with E-state index in [9.17, 15) is 13.6 Å². The van der Waals surface area contributed by atoms with E-state index < -0.39 is 11.6 Å². The molecule has 3 rings (SSSR count). The Morgan fingerprint density at radius 3 is 2.62 bits per heavy atom. The van der Waals surface area contributed by atoms with Gasteiger partial charge in [0, 0.05) is 43.1 Å². The predicted molar refractivity (Wildman–Crippen MR) is 78.5 cm³/mol. The maximum Gasteiger partial charge on any atom is 0.226 e. The fraction of sp³-hybridized carbons (Fsp3) is 0.533. The number of amides is 1.